The van der Waals surface area contributed by atoms with Gasteiger partial charge >= 0.3 is 0 Å². The summed E-state index contributed by atoms with van der Waals surface area (Å²) in [4.78, 5) is 38.9. The average Bonchev–Trinajstić information content (AvgIpc) is 2.88. The number of hydrogen-bond donors (Lipinski definition) is 2. The fourth-order valence-corrected chi connectivity index (χ4v) is 4.32. The highest BCUT2D eigenvalue weighted by molar-refractivity contribution is 7.98. The third-order valence-electron chi connectivity index (χ3n) is 5.58. The van der Waals surface area contributed by atoms with Crippen LogP contribution < -0.4 is 20.2 Å². The molecule has 8 nitrogen and oxygen atoms in total. The Balaban J connectivity index is 1.59. The Bertz CT molecular complexity index is 1250. The van der Waals surface area contributed by atoms with Gasteiger partial charge in [0.1, 0.15) is 17.5 Å². The third kappa shape index (κ3) is 5.46. The molecule has 1 fully saturated rings. The number of benzene rings is 3. The van der Waals surface area contributed by atoms with Crippen molar-refractivity contribution >= 4 is 35.2 Å². The normalized spacial score (nSPS) is 16.6. The second-order valence-corrected chi connectivity index (χ2v) is 8.92. The summed E-state index contributed by atoms with van der Waals surface area (Å²) in [5.74, 6) is -0.239. The number of rotatable bonds is 9. The lowest BCUT2D eigenvalue weighted by molar-refractivity contribution is -0.169. The topological polar surface area (TPSA) is 97.0 Å². The van der Waals surface area contributed by atoms with Crippen LogP contribution in [-0.4, -0.2) is 41.7 Å². The van der Waals surface area contributed by atoms with Gasteiger partial charge in [-0.25, -0.2) is 5.01 Å². The summed E-state index contributed by atoms with van der Waals surface area (Å²) >= 11 is 1.62. The fourth-order valence-electron chi connectivity index (χ4n) is 3.91. The number of hydrogen-bond acceptors (Lipinski definition) is 6. The second kappa shape index (κ2) is 11.2. The first kappa shape index (κ1) is 25.1. The van der Waals surface area contributed by atoms with Gasteiger partial charge in [-0.15, -0.1) is 11.8 Å². The smallest absolute Gasteiger partial charge is 0.285 e. The first-order chi connectivity index (χ1) is 17.4. The van der Waals surface area contributed by atoms with Crippen molar-refractivity contribution in [3.8, 4) is 11.5 Å². The van der Waals surface area contributed by atoms with E-state index in [-0.39, 0.29) is 17.4 Å². The Kier molecular flexibility index (Phi) is 7.80. The van der Waals surface area contributed by atoms with E-state index in [1.807, 2.05) is 48.7 Å². The molecule has 3 amide bonds. The number of carbonyl (C=O) groups is 3. The molecule has 36 heavy (non-hydrogen) atoms. The Morgan fingerprint density at radius 2 is 1.75 bits per heavy atom. The predicted molar refractivity (Wildman–Crippen MR) is 138 cm³/mol. The van der Waals surface area contributed by atoms with Crippen molar-refractivity contribution in [2.24, 2.45) is 0 Å². The van der Waals surface area contributed by atoms with Crippen LogP contribution in [-0.2, 0) is 9.59 Å². The van der Waals surface area contributed by atoms with Crippen molar-refractivity contribution in [1.29, 1.82) is 0 Å². The molecule has 1 saturated heterocycles. The molecule has 9 heteroatoms. The number of amides is 3. The lowest BCUT2D eigenvalue weighted by Gasteiger charge is -2.46. The van der Waals surface area contributed by atoms with Gasteiger partial charge in [-0.3, -0.25) is 19.8 Å². The predicted octanol–water partition coefficient (Wildman–Crippen LogP) is 4.44. The Morgan fingerprint density at radius 1 is 1.03 bits per heavy atom. The molecule has 3 aromatic carbocycles. The molecule has 1 heterocycles. The summed E-state index contributed by atoms with van der Waals surface area (Å²) < 4.78 is 11.6. The van der Waals surface area contributed by atoms with Crippen molar-refractivity contribution in [3.63, 3.8) is 0 Å². The van der Waals surface area contributed by atoms with Crippen LogP contribution in [0.15, 0.2) is 77.7 Å². The number of hydrazine groups is 1. The van der Waals surface area contributed by atoms with Crippen LogP contribution in [0.25, 0.3) is 0 Å². The van der Waals surface area contributed by atoms with Crippen LogP contribution in [0.5, 0.6) is 11.5 Å². The summed E-state index contributed by atoms with van der Waals surface area (Å²) in [6, 6.07) is 21.1. The van der Waals surface area contributed by atoms with Crippen LogP contribution in [0.1, 0.15) is 35.8 Å². The Labute approximate surface area is 213 Å². The van der Waals surface area contributed by atoms with Gasteiger partial charge in [0.15, 0.2) is 0 Å². The van der Waals surface area contributed by atoms with Crippen molar-refractivity contribution in [3.05, 3.63) is 83.9 Å². The van der Waals surface area contributed by atoms with Gasteiger partial charge in [-0.1, -0.05) is 30.3 Å². The van der Waals surface area contributed by atoms with Crippen molar-refractivity contribution in [2.75, 3.05) is 18.2 Å². The molecule has 0 radical (unpaired) electrons. The van der Waals surface area contributed by atoms with E-state index in [0.29, 0.717) is 23.8 Å². The summed E-state index contributed by atoms with van der Waals surface area (Å²) in [6.07, 6.45) is 1.20. The van der Waals surface area contributed by atoms with Crippen LogP contribution in [0.4, 0.5) is 5.69 Å². The minimum atomic E-state index is -0.790. The van der Waals surface area contributed by atoms with Crippen molar-refractivity contribution < 1.29 is 23.9 Å². The number of anilines is 1. The third-order valence-corrected chi connectivity index (χ3v) is 6.32. The van der Waals surface area contributed by atoms with Crippen LogP contribution in [0, 0.1) is 0 Å². The van der Waals surface area contributed by atoms with Gasteiger partial charge in [0, 0.05) is 23.6 Å². The average molecular weight is 506 g/mol. The zero-order valence-corrected chi connectivity index (χ0v) is 21.0. The number of thioether (sulfide) groups is 1. The summed E-state index contributed by atoms with van der Waals surface area (Å²) in [5, 5.41) is 3.97. The summed E-state index contributed by atoms with van der Waals surface area (Å²) in [6.45, 7) is 3.52. The zero-order valence-electron chi connectivity index (χ0n) is 20.2. The highest BCUT2D eigenvalue weighted by Gasteiger charge is 2.51. The number of β-lactam (4-membered cyclic amide) rings is 1. The molecule has 0 saturated carbocycles. The summed E-state index contributed by atoms with van der Waals surface area (Å²) in [5.41, 5.74) is 4.30. The van der Waals surface area contributed by atoms with E-state index in [9.17, 15) is 14.4 Å². The van der Waals surface area contributed by atoms with Crippen LogP contribution in [0.2, 0.25) is 0 Å². The number of nitrogens with one attached hydrogen (secondary N) is 2. The highest BCUT2D eigenvalue weighted by Crippen LogP contribution is 2.37. The van der Waals surface area contributed by atoms with E-state index < -0.39 is 18.1 Å². The van der Waals surface area contributed by atoms with E-state index >= 15 is 0 Å². The van der Waals surface area contributed by atoms with Gasteiger partial charge in [-0.2, -0.15) is 0 Å². The van der Waals surface area contributed by atoms with Gasteiger partial charge in [0.2, 0.25) is 12.0 Å². The van der Waals surface area contributed by atoms with Gasteiger partial charge < -0.3 is 14.8 Å². The maximum Gasteiger partial charge on any atom is 0.285 e. The lowest BCUT2D eigenvalue weighted by Crippen LogP contribution is -2.67. The zero-order chi connectivity index (χ0) is 25.7. The highest BCUT2D eigenvalue weighted by atomic mass is 32.2. The Hall–Kier alpha value is -3.98. The lowest BCUT2D eigenvalue weighted by atomic mass is 9.92. The molecule has 2 N–H and O–H groups in total. The van der Waals surface area contributed by atoms with Gasteiger partial charge in [0.25, 0.3) is 11.8 Å². The van der Waals surface area contributed by atoms with Crippen molar-refractivity contribution in [1.82, 2.24) is 10.4 Å². The standard InChI is InChI=1S/C27H27N3O5S/c1-4-34-23-16-19(28-17(2)31)12-15-22(23)26(32)29-30-24(18-10-13-21(36-3)14-11-18)25(27(30)33)35-20-8-6-5-7-9-20/h5-16,24-25H,4H2,1-3H3,(H,28,31)(H,29,32)/t24-,25-/m1/s1. The first-order valence-electron chi connectivity index (χ1n) is 11.5. The molecule has 0 unspecified atom stereocenters. The monoisotopic (exact) mass is 505 g/mol. The number of para-hydroxylation sites is 1. The molecule has 1 aliphatic rings. The van der Waals surface area contributed by atoms with E-state index in [2.05, 4.69) is 10.7 Å². The second-order valence-electron chi connectivity index (χ2n) is 8.04. The largest absolute Gasteiger partial charge is 0.493 e. The first-order valence-corrected chi connectivity index (χ1v) is 12.7. The maximum absolute atomic E-state index is 13.2. The van der Waals surface area contributed by atoms with Gasteiger partial charge in [-0.05, 0) is 55.1 Å². The number of nitrogens with zero attached hydrogens (tertiary/aromatic N) is 1. The number of ether oxygens (including phenoxy) is 2. The molecule has 186 valence electrons. The van der Waals surface area contributed by atoms with Crippen molar-refractivity contribution in [2.45, 2.75) is 30.9 Å². The van der Waals surface area contributed by atoms with E-state index in [0.717, 1.165) is 10.5 Å². The minimum absolute atomic E-state index is 0.236. The van der Waals surface area contributed by atoms with E-state index in [1.165, 1.54) is 11.9 Å². The molecule has 0 aliphatic carbocycles. The minimum Gasteiger partial charge on any atom is -0.493 e. The van der Waals surface area contributed by atoms with Gasteiger partial charge in [0.05, 0.1) is 12.2 Å². The molecule has 4 rings (SSSR count). The molecule has 3 aromatic rings. The molecule has 0 bridgehead atoms. The maximum atomic E-state index is 13.2. The molecule has 0 spiro atoms. The quantitative estimate of drug-likeness (QED) is 0.330. The van der Waals surface area contributed by atoms with E-state index in [1.54, 1.807) is 49.0 Å². The fraction of sp³-hybridized carbons (Fsp3) is 0.222. The molecule has 2 atom stereocenters. The van der Waals surface area contributed by atoms with E-state index in [4.69, 9.17) is 9.47 Å². The number of carbonyl (C=O) groups excluding carboxylic acids is 3. The molecule has 0 aromatic heterocycles. The van der Waals surface area contributed by atoms with Crippen LogP contribution in [0.3, 0.4) is 0 Å². The molecular formula is C27H27N3O5S. The molecule has 1 aliphatic heterocycles. The Morgan fingerprint density at radius 3 is 2.39 bits per heavy atom. The molecular weight excluding hydrogens is 478 g/mol. The summed E-state index contributed by atoms with van der Waals surface area (Å²) in [7, 11) is 0. The van der Waals surface area contributed by atoms with Crippen LogP contribution >= 0.6 is 11.8 Å². The SMILES string of the molecule is CCOc1cc(NC(C)=O)ccc1C(=O)NN1C(=O)[C@H](Oc2ccccc2)[C@H]1c1ccc(SC)cc1.